The molecule has 2 aromatic rings. The zero-order valence-corrected chi connectivity index (χ0v) is 13.8. The topological polar surface area (TPSA) is 52.9 Å². The number of halogens is 1. The van der Waals surface area contributed by atoms with E-state index < -0.39 is 0 Å². The smallest absolute Gasteiger partial charge is 0.266 e. The first-order chi connectivity index (χ1) is 11.6. The lowest BCUT2D eigenvalue weighted by Gasteiger charge is -2.11. The van der Waals surface area contributed by atoms with E-state index in [-0.39, 0.29) is 17.5 Å². The Bertz CT molecular complexity index is 848. The first-order valence-electron chi connectivity index (χ1n) is 7.41. The average molecular weight is 342 g/mol. The molecule has 0 atom stereocenters. The highest BCUT2D eigenvalue weighted by molar-refractivity contribution is 8.18. The summed E-state index contributed by atoms with van der Waals surface area (Å²) in [6, 6.07) is 12.6. The fourth-order valence-electron chi connectivity index (χ4n) is 2.29. The number of amidine groups is 1. The number of hydrogen-bond acceptors (Lipinski definition) is 4. The van der Waals surface area contributed by atoms with Crippen molar-refractivity contribution in [2.45, 2.75) is 6.92 Å². The van der Waals surface area contributed by atoms with Crippen LogP contribution in [0.25, 0.3) is 6.08 Å². The number of phenolic OH excluding ortho intramolecular Hbond substituents is 1. The van der Waals surface area contributed by atoms with Gasteiger partial charge in [-0.3, -0.25) is 9.69 Å². The van der Waals surface area contributed by atoms with E-state index in [1.807, 2.05) is 6.92 Å². The lowest BCUT2D eigenvalue weighted by Crippen LogP contribution is -2.28. The van der Waals surface area contributed by atoms with Gasteiger partial charge in [-0.15, -0.1) is 0 Å². The zero-order valence-electron chi connectivity index (χ0n) is 12.9. The van der Waals surface area contributed by atoms with Gasteiger partial charge in [0.2, 0.25) is 0 Å². The minimum absolute atomic E-state index is 0.116. The summed E-state index contributed by atoms with van der Waals surface area (Å²) in [7, 11) is 0. The van der Waals surface area contributed by atoms with E-state index in [2.05, 4.69) is 4.99 Å². The molecular weight excluding hydrogens is 327 g/mol. The number of phenols is 1. The molecule has 1 amide bonds. The van der Waals surface area contributed by atoms with Gasteiger partial charge in [0.1, 0.15) is 11.6 Å². The molecule has 6 heteroatoms. The molecule has 1 aliphatic rings. The normalized spacial score (nSPS) is 17.9. The quantitative estimate of drug-likeness (QED) is 0.853. The molecule has 122 valence electrons. The summed E-state index contributed by atoms with van der Waals surface area (Å²) in [5.41, 5.74) is 1.19. The SMILES string of the molecule is CCN1C(=O)/C(=C/c2cccc(F)c2)SC1=Nc1cccc(O)c1. The van der Waals surface area contributed by atoms with Crippen molar-refractivity contribution in [1.29, 1.82) is 0 Å². The van der Waals surface area contributed by atoms with Crippen molar-refractivity contribution in [3.05, 3.63) is 64.8 Å². The third-order valence-electron chi connectivity index (χ3n) is 3.41. The van der Waals surface area contributed by atoms with Crippen molar-refractivity contribution < 1.29 is 14.3 Å². The van der Waals surface area contributed by atoms with Gasteiger partial charge >= 0.3 is 0 Å². The second-order valence-corrected chi connectivity index (χ2v) is 6.14. The standard InChI is InChI=1S/C18H15FN2O2S/c1-2-21-17(23)16(10-12-5-3-6-13(19)9-12)24-18(21)20-14-7-4-8-15(22)11-14/h3-11,22H,2H2,1H3/b16-10-,20-18?. The van der Waals surface area contributed by atoms with Crippen LogP contribution in [0.5, 0.6) is 5.75 Å². The van der Waals surface area contributed by atoms with E-state index in [1.165, 1.54) is 30.0 Å². The monoisotopic (exact) mass is 342 g/mol. The minimum atomic E-state index is -0.346. The van der Waals surface area contributed by atoms with Crippen LogP contribution in [-0.4, -0.2) is 27.6 Å². The number of benzene rings is 2. The predicted octanol–water partition coefficient (Wildman–Crippen LogP) is 4.16. The second kappa shape index (κ2) is 6.88. The van der Waals surface area contributed by atoms with E-state index in [4.69, 9.17) is 0 Å². The van der Waals surface area contributed by atoms with Crippen LogP contribution < -0.4 is 0 Å². The minimum Gasteiger partial charge on any atom is -0.508 e. The van der Waals surface area contributed by atoms with Crippen LogP contribution in [0.1, 0.15) is 12.5 Å². The molecule has 1 N–H and O–H groups in total. The van der Waals surface area contributed by atoms with E-state index in [0.717, 1.165) is 0 Å². The molecule has 1 saturated heterocycles. The molecule has 0 spiro atoms. The Morgan fingerprint density at radius 1 is 1.25 bits per heavy atom. The number of hydrogen-bond donors (Lipinski definition) is 1. The summed E-state index contributed by atoms with van der Waals surface area (Å²) in [5, 5.41) is 10.1. The van der Waals surface area contributed by atoms with Crippen molar-refractivity contribution in [2.24, 2.45) is 4.99 Å². The molecule has 0 aromatic heterocycles. The Morgan fingerprint density at radius 3 is 2.75 bits per heavy atom. The first-order valence-corrected chi connectivity index (χ1v) is 8.23. The highest BCUT2D eigenvalue weighted by Crippen LogP contribution is 2.34. The van der Waals surface area contributed by atoms with Gasteiger partial charge in [0.25, 0.3) is 5.91 Å². The maximum absolute atomic E-state index is 13.3. The van der Waals surface area contributed by atoms with Crippen LogP contribution in [0.4, 0.5) is 10.1 Å². The highest BCUT2D eigenvalue weighted by atomic mass is 32.2. The number of aromatic hydroxyl groups is 1. The largest absolute Gasteiger partial charge is 0.508 e. The molecule has 0 radical (unpaired) electrons. The van der Waals surface area contributed by atoms with E-state index in [9.17, 15) is 14.3 Å². The molecule has 1 aliphatic heterocycles. The number of nitrogens with zero attached hydrogens (tertiary/aromatic N) is 2. The number of rotatable bonds is 3. The van der Waals surface area contributed by atoms with Crippen LogP contribution >= 0.6 is 11.8 Å². The van der Waals surface area contributed by atoms with Crippen LogP contribution in [0, 0.1) is 5.82 Å². The molecule has 4 nitrogen and oxygen atoms in total. The molecule has 0 bridgehead atoms. The molecule has 1 heterocycles. The number of likely N-dealkylation sites (N-methyl/N-ethyl adjacent to an activating group) is 1. The number of carbonyl (C=O) groups is 1. The molecule has 0 aliphatic carbocycles. The number of thioether (sulfide) groups is 1. The van der Waals surface area contributed by atoms with E-state index in [0.29, 0.717) is 27.9 Å². The van der Waals surface area contributed by atoms with Crippen molar-refractivity contribution in [3.63, 3.8) is 0 Å². The highest BCUT2D eigenvalue weighted by Gasteiger charge is 2.32. The number of carbonyl (C=O) groups excluding carboxylic acids is 1. The average Bonchev–Trinajstić information content (AvgIpc) is 2.82. The lowest BCUT2D eigenvalue weighted by atomic mass is 10.2. The summed E-state index contributed by atoms with van der Waals surface area (Å²) >= 11 is 1.24. The summed E-state index contributed by atoms with van der Waals surface area (Å²) in [6.07, 6.45) is 1.66. The van der Waals surface area contributed by atoms with Gasteiger partial charge in [-0.1, -0.05) is 18.2 Å². The molecule has 24 heavy (non-hydrogen) atoms. The van der Waals surface area contributed by atoms with Crippen molar-refractivity contribution in [3.8, 4) is 5.75 Å². The second-order valence-electron chi connectivity index (χ2n) is 5.13. The van der Waals surface area contributed by atoms with E-state index >= 15 is 0 Å². The van der Waals surface area contributed by atoms with Crippen molar-refractivity contribution in [2.75, 3.05) is 6.54 Å². The van der Waals surface area contributed by atoms with Gasteiger partial charge in [-0.2, -0.15) is 0 Å². The van der Waals surface area contributed by atoms with E-state index in [1.54, 1.807) is 41.3 Å². The molecule has 3 rings (SSSR count). The molecule has 0 saturated carbocycles. The summed E-state index contributed by atoms with van der Waals surface area (Å²) in [4.78, 5) is 19.0. The van der Waals surface area contributed by atoms with Crippen LogP contribution in [0.15, 0.2) is 58.4 Å². The first kappa shape index (κ1) is 16.3. The predicted molar refractivity (Wildman–Crippen MR) is 94.6 cm³/mol. The Hall–Kier alpha value is -2.60. The lowest BCUT2D eigenvalue weighted by molar-refractivity contribution is -0.122. The molecule has 1 fully saturated rings. The fourth-order valence-corrected chi connectivity index (χ4v) is 3.35. The maximum Gasteiger partial charge on any atom is 0.266 e. The van der Waals surface area contributed by atoms with Gasteiger partial charge in [-0.05, 0) is 54.6 Å². The van der Waals surface area contributed by atoms with Crippen molar-refractivity contribution in [1.82, 2.24) is 4.90 Å². The molecule has 2 aromatic carbocycles. The maximum atomic E-state index is 13.3. The fraction of sp³-hybridized carbons (Fsp3) is 0.111. The van der Waals surface area contributed by atoms with Crippen molar-refractivity contribution >= 4 is 34.6 Å². The Kier molecular flexibility index (Phi) is 4.66. The molecule has 0 unspecified atom stereocenters. The third kappa shape index (κ3) is 3.49. The number of amides is 1. The Balaban J connectivity index is 1.94. The zero-order chi connectivity index (χ0) is 17.1. The van der Waals surface area contributed by atoms with Gasteiger partial charge in [0.05, 0.1) is 10.6 Å². The summed E-state index contributed by atoms with van der Waals surface area (Å²) in [5.74, 6) is -0.392. The third-order valence-corrected chi connectivity index (χ3v) is 4.41. The van der Waals surface area contributed by atoms with Gasteiger partial charge in [-0.25, -0.2) is 9.38 Å². The van der Waals surface area contributed by atoms with Gasteiger partial charge in [0.15, 0.2) is 5.17 Å². The summed E-state index contributed by atoms with van der Waals surface area (Å²) in [6.45, 7) is 2.34. The Labute approximate surface area is 143 Å². The molecular formula is C18H15FN2O2S. The summed E-state index contributed by atoms with van der Waals surface area (Å²) < 4.78 is 13.3. The van der Waals surface area contributed by atoms with Gasteiger partial charge < -0.3 is 5.11 Å². The van der Waals surface area contributed by atoms with Crippen LogP contribution in [0.2, 0.25) is 0 Å². The van der Waals surface area contributed by atoms with Crippen LogP contribution in [0.3, 0.4) is 0 Å². The van der Waals surface area contributed by atoms with Crippen LogP contribution in [-0.2, 0) is 4.79 Å². The Morgan fingerprint density at radius 2 is 2.04 bits per heavy atom. The number of aliphatic imine (C=N–C) groups is 1. The van der Waals surface area contributed by atoms with Gasteiger partial charge in [0, 0.05) is 12.6 Å².